The standard InChI is InChI=1S/C17H25FN4O2/c1-24-15-7-3-2-6-14(15)20-17(23)22-11-9-21(10-12-22)16-13(18)5-4-8-19-16/h4-5,8,14-15H,2-3,6-7,9-12H2,1H3,(H,20,23). The first kappa shape index (κ1) is 17.0. The zero-order valence-electron chi connectivity index (χ0n) is 14.1. The Morgan fingerprint density at radius 3 is 2.75 bits per heavy atom. The van der Waals surface area contributed by atoms with Crippen molar-refractivity contribution in [2.24, 2.45) is 0 Å². The molecule has 1 aliphatic heterocycles. The maximum atomic E-state index is 13.8. The third-order valence-corrected chi connectivity index (χ3v) is 4.92. The van der Waals surface area contributed by atoms with Crippen molar-refractivity contribution >= 4 is 11.8 Å². The number of methoxy groups -OCH3 is 1. The fourth-order valence-electron chi connectivity index (χ4n) is 3.53. The summed E-state index contributed by atoms with van der Waals surface area (Å²) < 4.78 is 19.3. The van der Waals surface area contributed by atoms with E-state index < -0.39 is 0 Å². The molecule has 0 spiro atoms. The maximum Gasteiger partial charge on any atom is 0.317 e. The van der Waals surface area contributed by atoms with Gasteiger partial charge in [0.25, 0.3) is 0 Å². The first-order valence-electron chi connectivity index (χ1n) is 8.62. The molecule has 1 saturated heterocycles. The number of carbonyl (C=O) groups excluding carboxylic acids is 1. The normalized spacial score (nSPS) is 24.8. The Balaban J connectivity index is 1.52. The van der Waals surface area contributed by atoms with Crippen molar-refractivity contribution in [3.63, 3.8) is 0 Å². The highest BCUT2D eigenvalue weighted by Gasteiger charge is 2.29. The van der Waals surface area contributed by atoms with Gasteiger partial charge in [0, 0.05) is 39.5 Å². The molecule has 1 aromatic rings. The van der Waals surface area contributed by atoms with E-state index >= 15 is 0 Å². The van der Waals surface area contributed by atoms with Gasteiger partial charge in [-0.1, -0.05) is 12.8 Å². The Labute approximate surface area is 142 Å². The van der Waals surface area contributed by atoms with E-state index in [2.05, 4.69) is 10.3 Å². The lowest BCUT2D eigenvalue weighted by atomic mass is 9.92. The van der Waals surface area contributed by atoms with Gasteiger partial charge in [0.2, 0.25) is 0 Å². The lowest BCUT2D eigenvalue weighted by Gasteiger charge is -2.37. The van der Waals surface area contributed by atoms with Gasteiger partial charge in [-0.3, -0.25) is 0 Å². The number of hydrogen-bond donors (Lipinski definition) is 1. The zero-order valence-corrected chi connectivity index (χ0v) is 14.1. The van der Waals surface area contributed by atoms with Crippen molar-refractivity contribution in [3.8, 4) is 0 Å². The number of nitrogens with zero attached hydrogens (tertiary/aromatic N) is 3. The van der Waals surface area contributed by atoms with Crippen LogP contribution in [-0.4, -0.2) is 61.3 Å². The number of piperazine rings is 1. The number of ether oxygens (including phenoxy) is 1. The summed E-state index contributed by atoms with van der Waals surface area (Å²) >= 11 is 0. The SMILES string of the molecule is COC1CCCCC1NC(=O)N1CCN(c2ncccc2F)CC1. The maximum absolute atomic E-state index is 13.8. The van der Waals surface area contributed by atoms with Gasteiger partial charge in [0.15, 0.2) is 11.6 Å². The number of aromatic nitrogens is 1. The number of carbonyl (C=O) groups is 1. The highest BCUT2D eigenvalue weighted by Crippen LogP contribution is 2.21. The minimum atomic E-state index is -0.319. The molecule has 24 heavy (non-hydrogen) atoms. The van der Waals surface area contributed by atoms with Crippen LogP contribution in [0.25, 0.3) is 0 Å². The van der Waals surface area contributed by atoms with Gasteiger partial charge in [-0.15, -0.1) is 0 Å². The van der Waals surface area contributed by atoms with Gasteiger partial charge in [-0.25, -0.2) is 14.2 Å². The quantitative estimate of drug-likeness (QED) is 0.917. The van der Waals surface area contributed by atoms with Crippen LogP contribution in [0.4, 0.5) is 15.0 Å². The van der Waals surface area contributed by atoms with Crippen LogP contribution in [0.15, 0.2) is 18.3 Å². The molecule has 0 bridgehead atoms. The molecular weight excluding hydrogens is 311 g/mol. The Morgan fingerprint density at radius 2 is 2.04 bits per heavy atom. The molecule has 7 heteroatoms. The van der Waals surface area contributed by atoms with E-state index in [9.17, 15) is 9.18 Å². The van der Waals surface area contributed by atoms with E-state index in [1.165, 1.54) is 6.07 Å². The largest absolute Gasteiger partial charge is 0.379 e. The predicted octanol–water partition coefficient (Wildman–Crippen LogP) is 2.01. The van der Waals surface area contributed by atoms with Gasteiger partial charge in [0.05, 0.1) is 12.1 Å². The fraction of sp³-hybridized carbons (Fsp3) is 0.647. The molecule has 1 aromatic heterocycles. The zero-order chi connectivity index (χ0) is 16.9. The third-order valence-electron chi connectivity index (χ3n) is 4.92. The van der Waals surface area contributed by atoms with Gasteiger partial charge < -0.3 is 19.9 Å². The monoisotopic (exact) mass is 336 g/mol. The molecule has 2 fully saturated rings. The van der Waals surface area contributed by atoms with Crippen molar-refractivity contribution in [3.05, 3.63) is 24.1 Å². The summed E-state index contributed by atoms with van der Waals surface area (Å²) in [5, 5.41) is 3.11. The van der Waals surface area contributed by atoms with E-state index in [-0.39, 0.29) is 24.0 Å². The Hall–Kier alpha value is -1.89. The van der Waals surface area contributed by atoms with Crippen LogP contribution in [-0.2, 0) is 4.74 Å². The van der Waals surface area contributed by atoms with Crippen molar-refractivity contribution in [2.75, 3.05) is 38.2 Å². The molecule has 1 aliphatic carbocycles. The average molecular weight is 336 g/mol. The number of hydrogen-bond acceptors (Lipinski definition) is 4. The molecule has 3 rings (SSSR count). The highest BCUT2D eigenvalue weighted by molar-refractivity contribution is 5.75. The second-order valence-corrected chi connectivity index (χ2v) is 6.40. The molecule has 6 nitrogen and oxygen atoms in total. The predicted molar refractivity (Wildman–Crippen MR) is 89.6 cm³/mol. The van der Waals surface area contributed by atoms with E-state index in [1.807, 2.05) is 4.90 Å². The summed E-state index contributed by atoms with van der Waals surface area (Å²) in [4.78, 5) is 20.3. The van der Waals surface area contributed by atoms with E-state index in [0.717, 1.165) is 25.7 Å². The van der Waals surface area contributed by atoms with Crippen LogP contribution in [0.5, 0.6) is 0 Å². The highest BCUT2D eigenvalue weighted by atomic mass is 19.1. The van der Waals surface area contributed by atoms with E-state index in [0.29, 0.717) is 32.0 Å². The summed E-state index contributed by atoms with van der Waals surface area (Å²) in [7, 11) is 1.70. The summed E-state index contributed by atoms with van der Waals surface area (Å²) in [5.41, 5.74) is 0. The molecular formula is C17H25FN4O2. The summed E-state index contributed by atoms with van der Waals surface area (Å²) in [6, 6.07) is 3.03. The fourth-order valence-corrected chi connectivity index (χ4v) is 3.53. The van der Waals surface area contributed by atoms with Crippen LogP contribution < -0.4 is 10.2 Å². The number of anilines is 1. The lowest BCUT2D eigenvalue weighted by Crippen LogP contribution is -2.56. The molecule has 2 amide bonds. The number of pyridine rings is 1. The second-order valence-electron chi connectivity index (χ2n) is 6.40. The number of halogens is 1. The molecule has 1 N–H and O–H groups in total. The smallest absolute Gasteiger partial charge is 0.317 e. The molecule has 1 saturated carbocycles. The van der Waals surface area contributed by atoms with Crippen LogP contribution in [0.1, 0.15) is 25.7 Å². The molecule has 0 aromatic carbocycles. The average Bonchev–Trinajstić information content (AvgIpc) is 2.63. The van der Waals surface area contributed by atoms with Gasteiger partial charge in [0.1, 0.15) is 0 Å². The van der Waals surface area contributed by atoms with Crippen molar-refractivity contribution in [2.45, 2.75) is 37.8 Å². The topological polar surface area (TPSA) is 57.7 Å². The lowest BCUT2D eigenvalue weighted by molar-refractivity contribution is 0.0430. The van der Waals surface area contributed by atoms with E-state index in [1.54, 1.807) is 24.3 Å². The van der Waals surface area contributed by atoms with Crippen LogP contribution >= 0.6 is 0 Å². The number of urea groups is 1. The molecule has 0 radical (unpaired) electrons. The van der Waals surface area contributed by atoms with Crippen LogP contribution in [0.3, 0.4) is 0 Å². The minimum Gasteiger partial charge on any atom is -0.379 e. The molecule has 2 atom stereocenters. The Bertz CT molecular complexity index is 563. The summed E-state index contributed by atoms with van der Waals surface area (Å²) in [6.45, 7) is 2.29. The third kappa shape index (κ3) is 3.77. The number of rotatable bonds is 3. The van der Waals surface area contributed by atoms with Gasteiger partial charge >= 0.3 is 6.03 Å². The van der Waals surface area contributed by atoms with Crippen molar-refractivity contribution < 1.29 is 13.9 Å². The van der Waals surface area contributed by atoms with Crippen molar-refractivity contribution in [1.29, 1.82) is 0 Å². The molecule has 2 heterocycles. The summed E-state index contributed by atoms with van der Waals surface area (Å²) in [5.74, 6) is 0.0461. The first-order valence-corrected chi connectivity index (χ1v) is 8.62. The van der Waals surface area contributed by atoms with Crippen LogP contribution in [0.2, 0.25) is 0 Å². The minimum absolute atomic E-state index is 0.0508. The van der Waals surface area contributed by atoms with Gasteiger partial charge in [-0.2, -0.15) is 0 Å². The van der Waals surface area contributed by atoms with Gasteiger partial charge in [-0.05, 0) is 25.0 Å². The first-order chi connectivity index (χ1) is 11.7. The molecule has 2 unspecified atom stereocenters. The molecule has 2 aliphatic rings. The number of nitrogens with one attached hydrogen (secondary N) is 1. The van der Waals surface area contributed by atoms with Crippen LogP contribution in [0, 0.1) is 5.82 Å². The second kappa shape index (κ2) is 7.79. The van der Waals surface area contributed by atoms with Crippen molar-refractivity contribution in [1.82, 2.24) is 15.2 Å². The summed E-state index contributed by atoms with van der Waals surface area (Å²) in [6.07, 6.45) is 5.92. The number of amides is 2. The van der Waals surface area contributed by atoms with E-state index in [4.69, 9.17) is 4.74 Å². The Kier molecular flexibility index (Phi) is 5.50. The molecule has 132 valence electrons. The Morgan fingerprint density at radius 1 is 1.29 bits per heavy atom.